The van der Waals surface area contributed by atoms with Crippen LogP contribution in [0, 0.1) is 10.8 Å². The molecule has 0 saturated heterocycles. The lowest BCUT2D eigenvalue weighted by molar-refractivity contribution is -0.119. The molecule has 3 aliphatic rings. The number of allylic oxidation sites excluding steroid dienone is 4. The van der Waals surface area contributed by atoms with E-state index < -0.39 is 11.9 Å². The standard InChI is InChI=1S/C33H36ClNO5/c1-6-35-23-14-32(2,3)16-25(36)29(23)28(30-24(35)15-33(4,5)17-26(30)37)21-11-12-27(22(34)13-21)40-18-19-7-9-20(10-8-19)31(38)39/h7-13,28H,6,14-18H2,1-5H3,(H,38,39). The van der Waals surface area contributed by atoms with E-state index in [0.29, 0.717) is 30.2 Å². The van der Waals surface area contributed by atoms with Crippen LogP contribution in [-0.4, -0.2) is 34.1 Å². The number of halogens is 1. The normalized spacial score (nSPS) is 20.4. The van der Waals surface area contributed by atoms with E-state index in [4.69, 9.17) is 21.4 Å². The van der Waals surface area contributed by atoms with E-state index in [9.17, 15) is 14.4 Å². The first kappa shape index (κ1) is 28.2. The van der Waals surface area contributed by atoms with Crippen LogP contribution in [0.3, 0.4) is 0 Å². The van der Waals surface area contributed by atoms with Crippen LogP contribution in [0.4, 0.5) is 0 Å². The number of benzene rings is 2. The molecule has 1 heterocycles. The molecule has 2 aromatic rings. The number of Topliss-reactive ketones (excluding diaryl/α,β-unsaturated/α-hetero) is 2. The molecular weight excluding hydrogens is 526 g/mol. The van der Waals surface area contributed by atoms with E-state index in [-0.39, 0.29) is 34.6 Å². The SMILES string of the molecule is CCN1C2=C(C(=O)CC(C)(C)C2)C(c2ccc(OCc3ccc(C(=O)O)cc3)c(Cl)c2)C2=C1CC(C)(C)CC2=O. The highest BCUT2D eigenvalue weighted by atomic mass is 35.5. The van der Waals surface area contributed by atoms with Crippen molar-refractivity contribution in [2.75, 3.05) is 6.54 Å². The molecule has 210 valence electrons. The van der Waals surface area contributed by atoms with E-state index in [1.807, 2.05) is 12.1 Å². The summed E-state index contributed by atoms with van der Waals surface area (Å²) in [6, 6.07) is 12.0. The molecule has 40 heavy (non-hydrogen) atoms. The molecule has 6 nitrogen and oxygen atoms in total. The van der Waals surface area contributed by atoms with Gasteiger partial charge < -0.3 is 14.7 Å². The lowest BCUT2D eigenvalue weighted by Crippen LogP contribution is -2.44. The minimum atomic E-state index is -0.979. The Balaban J connectivity index is 1.53. The Morgan fingerprint density at radius 3 is 1.95 bits per heavy atom. The number of hydrogen-bond acceptors (Lipinski definition) is 5. The second-order valence-electron chi connectivity index (χ2n) is 12.8. The lowest BCUT2D eigenvalue weighted by Gasteiger charge is -2.48. The second kappa shape index (κ2) is 10.2. The Bertz CT molecular complexity index is 1410. The van der Waals surface area contributed by atoms with Gasteiger partial charge in [-0.1, -0.05) is 57.5 Å². The molecule has 1 N–H and O–H groups in total. The van der Waals surface area contributed by atoms with Crippen molar-refractivity contribution in [3.8, 4) is 5.75 Å². The van der Waals surface area contributed by atoms with E-state index in [0.717, 1.165) is 46.5 Å². The molecule has 0 fully saturated rings. The maximum absolute atomic E-state index is 13.8. The summed E-state index contributed by atoms with van der Waals surface area (Å²) in [5, 5.41) is 9.51. The minimum Gasteiger partial charge on any atom is -0.487 e. The van der Waals surface area contributed by atoms with Gasteiger partial charge in [-0.05, 0) is 66.0 Å². The summed E-state index contributed by atoms with van der Waals surface area (Å²) in [4.78, 5) is 40.9. The van der Waals surface area contributed by atoms with Gasteiger partial charge in [-0.3, -0.25) is 9.59 Å². The number of hydrogen-bond donors (Lipinski definition) is 1. The number of carboxylic acids is 1. The summed E-state index contributed by atoms with van der Waals surface area (Å²) in [7, 11) is 0. The molecule has 5 rings (SSSR count). The van der Waals surface area contributed by atoms with Crippen LogP contribution in [0.15, 0.2) is 65.0 Å². The quantitative estimate of drug-likeness (QED) is 0.398. The Hall–Kier alpha value is -3.38. The molecule has 0 saturated carbocycles. The van der Waals surface area contributed by atoms with Gasteiger partial charge in [0.05, 0.1) is 10.6 Å². The predicted octanol–water partition coefficient (Wildman–Crippen LogP) is 7.32. The van der Waals surface area contributed by atoms with Gasteiger partial charge in [-0.25, -0.2) is 4.79 Å². The zero-order chi connectivity index (χ0) is 29.0. The van der Waals surface area contributed by atoms with Crippen molar-refractivity contribution in [2.45, 2.75) is 72.8 Å². The molecule has 0 atom stereocenters. The zero-order valence-electron chi connectivity index (χ0n) is 23.8. The minimum absolute atomic E-state index is 0.0974. The number of carbonyl (C=O) groups excluding carboxylic acids is 2. The first-order valence-electron chi connectivity index (χ1n) is 13.8. The Morgan fingerprint density at radius 1 is 0.925 bits per heavy atom. The molecule has 1 aliphatic heterocycles. The summed E-state index contributed by atoms with van der Waals surface area (Å²) in [5.41, 5.74) is 5.08. The average Bonchev–Trinajstić information content (AvgIpc) is 2.85. The van der Waals surface area contributed by atoms with Gasteiger partial charge in [0.15, 0.2) is 11.6 Å². The van der Waals surface area contributed by atoms with Gasteiger partial charge in [0, 0.05) is 47.8 Å². The number of carbonyl (C=O) groups is 3. The Kier molecular flexibility index (Phi) is 7.20. The number of ether oxygens (including phenoxy) is 1. The lowest BCUT2D eigenvalue weighted by atomic mass is 9.63. The van der Waals surface area contributed by atoms with E-state index in [1.54, 1.807) is 18.2 Å². The molecule has 0 radical (unpaired) electrons. The third-order valence-electron chi connectivity index (χ3n) is 8.22. The van der Waals surface area contributed by atoms with Crippen molar-refractivity contribution in [3.05, 3.63) is 86.7 Å². The van der Waals surface area contributed by atoms with Gasteiger partial charge in [0.2, 0.25) is 0 Å². The molecule has 7 heteroatoms. The highest BCUT2D eigenvalue weighted by Crippen LogP contribution is 2.54. The molecular formula is C33H36ClNO5. The third kappa shape index (κ3) is 5.22. The maximum Gasteiger partial charge on any atom is 0.335 e. The Morgan fingerprint density at radius 2 is 1.48 bits per heavy atom. The van der Waals surface area contributed by atoms with Crippen molar-refractivity contribution in [1.29, 1.82) is 0 Å². The molecule has 0 spiro atoms. The number of aromatic carboxylic acids is 1. The molecule has 2 aromatic carbocycles. The fraction of sp³-hybridized carbons (Fsp3) is 0.424. The first-order valence-corrected chi connectivity index (χ1v) is 14.2. The fourth-order valence-electron chi connectivity index (χ4n) is 6.48. The van der Waals surface area contributed by atoms with Crippen molar-refractivity contribution in [3.63, 3.8) is 0 Å². The van der Waals surface area contributed by atoms with Crippen molar-refractivity contribution >= 4 is 29.1 Å². The van der Waals surface area contributed by atoms with Crippen molar-refractivity contribution < 1.29 is 24.2 Å². The predicted molar refractivity (Wildman–Crippen MR) is 154 cm³/mol. The number of ketones is 2. The largest absolute Gasteiger partial charge is 0.487 e. The van der Waals surface area contributed by atoms with Crippen LogP contribution in [0.1, 0.15) is 87.7 Å². The maximum atomic E-state index is 13.8. The molecule has 0 unspecified atom stereocenters. The summed E-state index contributed by atoms with van der Waals surface area (Å²) < 4.78 is 5.96. The van der Waals surface area contributed by atoms with Crippen molar-refractivity contribution in [1.82, 2.24) is 4.90 Å². The fourth-order valence-corrected chi connectivity index (χ4v) is 6.72. The number of rotatable bonds is 6. The highest BCUT2D eigenvalue weighted by molar-refractivity contribution is 6.32. The van der Waals surface area contributed by atoms with E-state index in [1.165, 1.54) is 12.1 Å². The van der Waals surface area contributed by atoms with Crippen LogP contribution in [-0.2, 0) is 16.2 Å². The van der Waals surface area contributed by atoms with Gasteiger partial charge in [0.1, 0.15) is 12.4 Å². The summed E-state index contributed by atoms with van der Waals surface area (Å²) in [6.07, 6.45) is 2.44. The van der Waals surface area contributed by atoms with Crippen LogP contribution >= 0.6 is 11.6 Å². The first-order chi connectivity index (χ1) is 18.8. The number of carboxylic acid groups (broad SMARTS) is 1. The van der Waals surface area contributed by atoms with E-state index in [2.05, 4.69) is 39.5 Å². The van der Waals surface area contributed by atoms with Crippen LogP contribution < -0.4 is 4.74 Å². The molecule has 0 amide bonds. The zero-order valence-corrected chi connectivity index (χ0v) is 24.5. The summed E-state index contributed by atoms with van der Waals surface area (Å²) in [6.45, 7) is 11.6. The van der Waals surface area contributed by atoms with Crippen LogP contribution in [0.25, 0.3) is 0 Å². The van der Waals surface area contributed by atoms with Gasteiger partial charge >= 0.3 is 5.97 Å². The smallest absolute Gasteiger partial charge is 0.335 e. The second-order valence-corrected chi connectivity index (χ2v) is 13.2. The number of nitrogens with zero attached hydrogens (tertiary/aromatic N) is 1. The monoisotopic (exact) mass is 561 g/mol. The molecule has 0 bridgehead atoms. The summed E-state index contributed by atoms with van der Waals surface area (Å²) in [5.74, 6) is -0.753. The average molecular weight is 562 g/mol. The van der Waals surface area contributed by atoms with Gasteiger partial charge in [-0.2, -0.15) is 0 Å². The highest BCUT2D eigenvalue weighted by Gasteiger charge is 2.48. The summed E-state index contributed by atoms with van der Waals surface area (Å²) >= 11 is 6.74. The van der Waals surface area contributed by atoms with Crippen molar-refractivity contribution in [2.24, 2.45) is 10.8 Å². The Labute approximate surface area is 240 Å². The van der Waals surface area contributed by atoms with Gasteiger partial charge in [0.25, 0.3) is 0 Å². The molecule has 0 aromatic heterocycles. The topological polar surface area (TPSA) is 83.9 Å². The van der Waals surface area contributed by atoms with Crippen LogP contribution in [0.2, 0.25) is 5.02 Å². The third-order valence-corrected chi connectivity index (χ3v) is 8.52. The van der Waals surface area contributed by atoms with Crippen LogP contribution in [0.5, 0.6) is 5.75 Å². The van der Waals surface area contributed by atoms with Gasteiger partial charge in [-0.15, -0.1) is 0 Å². The van der Waals surface area contributed by atoms with E-state index >= 15 is 0 Å². The molecule has 2 aliphatic carbocycles.